The number of anilines is 1. The van der Waals surface area contributed by atoms with E-state index in [1.165, 1.54) is 13.2 Å². The SMILES string of the molecule is COC(=O)c1ccc(NC(=O)C=Cc2cccc(OC)c2)cc1. The maximum Gasteiger partial charge on any atom is 0.337 e. The number of ether oxygens (including phenoxy) is 2. The average Bonchev–Trinajstić information content (AvgIpc) is 2.60. The van der Waals surface area contributed by atoms with Crippen molar-refractivity contribution in [3.05, 3.63) is 65.7 Å². The molecule has 0 atom stereocenters. The van der Waals surface area contributed by atoms with Gasteiger partial charge in [0.05, 0.1) is 19.8 Å². The second-order valence-corrected chi connectivity index (χ2v) is 4.67. The number of carbonyl (C=O) groups is 2. The van der Waals surface area contributed by atoms with E-state index in [0.717, 1.165) is 11.3 Å². The fourth-order valence-corrected chi connectivity index (χ4v) is 1.91. The van der Waals surface area contributed by atoms with Gasteiger partial charge in [-0.15, -0.1) is 0 Å². The summed E-state index contributed by atoms with van der Waals surface area (Å²) < 4.78 is 9.74. The maximum atomic E-state index is 11.9. The third-order valence-electron chi connectivity index (χ3n) is 3.09. The number of rotatable bonds is 5. The van der Waals surface area contributed by atoms with E-state index >= 15 is 0 Å². The van der Waals surface area contributed by atoms with Crippen molar-refractivity contribution in [2.75, 3.05) is 19.5 Å². The van der Waals surface area contributed by atoms with Crippen molar-refractivity contribution in [1.82, 2.24) is 0 Å². The molecule has 2 rings (SSSR count). The highest BCUT2D eigenvalue weighted by molar-refractivity contribution is 6.02. The Morgan fingerprint density at radius 1 is 1.04 bits per heavy atom. The summed E-state index contributed by atoms with van der Waals surface area (Å²) in [5, 5.41) is 2.72. The molecule has 0 saturated heterocycles. The van der Waals surface area contributed by atoms with E-state index in [9.17, 15) is 9.59 Å². The first-order valence-corrected chi connectivity index (χ1v) is 6.94. The summed E-state index contributed by atoms with van der Waals surface area (Å²) in [4.78, 5) is 23.2. The second kappa shape index (κ2) is 7.79. The lowest BCUT2D eigenvalue weighted by Gasteiger charge is -2.04. The molecule has 0 aliphatic carbocycles. The molecule has 1 N–H and O–H groups in total. The lowest BCUT2D eigenvalue weighted by molar-refractivity contribution is -0.111. The minimum Gasteiger partial charge on any atom is -0.497 e. The molecule has 5 heteroatoms. The van der Waals surface area contributed by atoms with Crippen LogP contribution in [0, 0.1) is 0 Å². The van der Waals surface area contributed by atoms with Crippen molar-refractivity contribution >= 4 is 23.6 Å². The van der Waals surface area contributed by atoms with Gasteiger partial charge in [0.1, 0.15) is 5.75 Å². The van der Waals surface area contributed by atoms with Crippen molar-refractivity contribution in [1.29, 1.82) is 0 Å². The van der Waals surface area contributed by atoms with Crippen LogP contribution < -0.4 is 10.1 Å². The molecule has 0 bridgehead atoms. The van der Waals surface area contributed by atoms with Crippen molar-refractivity contribution in [3.8, 4) is 5.75 Å². The first-order chi connectivity index (χ1) is 11.1. The highest BCUT2D eigenvalue weighted by atomic mass is 16.5. The summed E-state index contributed by atoms with van der Waals surface area (Å²) in [5.74, 6) is 0.0467. The quantitative estimate of drug-likeness (QED) is 0.680. The summed E-state index contributed by atoms with van der Waals surface area (Å²) in [5.41, 5.74) is 1.89. The fraction of sp³-hybridized carbons (Fsp3) is 0.111. The third-order valence-corrected chi connectivity index (χ3v) is 3.09. The second-order valence-electron chi connectivity index (χ2n) is 4.67. The minimum atomic E-state index is -0.416. The molecule has 0 fully saturated rings. The van der Waals surface area contributed by atoms with E-state index < -0.39 is 5.97 Å². The molecule has 118 valence electrons. The lowest BCUT2D eigenvalue weighted by atomic mass is 10.2. The molecule has 0 unspecified atom stereocenters. The van der Waals surface area contributed by atoms with Crippen molar-refractivity contribution in [2.24, 2.45) is 0 Å². The van der Waals surface area contributed by atoms with Crippen LogP contribution in [0.2, 0.25) is 0 Å². The van der Waals surface area contributed by atoms with Gasteiger partial charge in [0, 0.05) is 11.8 Å². The summed E-state index contributed by atoms with van der Waals surface area (Å²) in [7, 11) is 2.91. The van der Waals surface area contributed by atoms with Gasteiger partial charge in [-0.3, -0.25) is 4.79 Å². The average molecular weight is 311 g/mol. The Hall–Kier alpha value is -3.08. The number of nitrogens with one attached hydrogen (secondary N) is 1. The van der Waals surface area contributed by atoms with E-state index in [-0.39, 0.29) is 5.91 Å². The molecule has 5 nitrogen and oxygen atoms in total. The van der Waals surface area contributed by atoms with Crippen LogP contribution in [0.25, 0.3) is 6.08 Å². The number of methoxy groups -OCH3 is 2. The van der Waals surface area contributed by atoms with Gasteiger partial charge in [-0.25, -0.2) is 4.79 Å². The van der Waals surface area contributed by atoms with Crippen molar-refractivity contribution < 1.29 is 19.1 Å². The molecule has 0 aliphatic heterocycles. The minimum absolute atomic E-state index is 0.265. The molecule has 0 radical (unpaired) electrons. The van der Waals surface area contributed by atoms with Crippen LogP contribution in [0.3, 0.4) is 0 Å². The molecule has 0 aromatic heterocycles. The Morgan fingerprint density at radius 2 is 1.78 bits per heavy atom. The number of amides is 1. The zero-order chi connectivity index (χ0) is 16.7. The maximum absolute atomic E-state index is 11.9. The Labute approximate surface area is 134 Å². The van der Waals surface area contributed by atoms with E-state index in [0.29, 0.717) is 11.3 Å². The number of hydrogen-bond acceptors (Lipinski definition) is 4. The molecule has 23 heavy (non-hydrogen) atoms. The molecule has 0 spiro atoms. The summed E-state index contributed by atoms with van der Waals surface area (Å²) >= 11 is 0. The Kier molecular flexibility index (Phi) is 5.52. The smallest absolute Gasteiger partial charge is 0.337 e. The highest BCUT2D eigenvalue weighted by Crippen LogP contribution is 2.14. The normalized spacial score (nSPS) is 10.3. The van der Waals surface area contributed by atoms with Crippen LogP contribution in [-0.4, -0.2) is 26.1 Å². The van der Waals surface area contributed by atoms with Crippen molar-refractivity contribution in [3.63, 3.8) is 0 Å². The van der Waals surface area contributed by atoms with Crippen LogP contribution in [0.5, 0.6) is 5.75 Å². The van der Waals surface area contributed by atoms with Crippen LogP contribution in [0.1, 0.15) is 15.9 Å². The summed E-state index contributed by atoms with van der Waals surface area (Å²) in [6.45, 7) is 0. The Balaban J connectivity index is 1.98. The van der Waals surface area contributed by atoms with Crippen LogP contribution >= 0.6 is 0 Å². The molecule has 0 saturated carbocycles. The topological polar surface area (TPSA) is 64.6 Å². The first-order valence-electron chi connectivity index (χ1n) is 6.94. The molecule has 1 amide bonds. The monoisotopic (exact) mass is 311 g/mol. The zero-order valence-electron chi connectivity index (χ0n) is 12.9. The summed E-state index contributed by atoms with van der Waals surface area (Å²) in [6.07, 6.45) is 3.13. The molecule has 2 aromatic rings. The predicted molar refractivity (Wildman–Crippen MR) is 88.4 cm³/mol. The Morgan fingerprint density at radius 3 is 2.43 bits per heavy atom. The van der Waals surface area contributed by atoms with E-state index in [2.05, 4.69) is 10.1 Å². The Bertz CT molecular complexity index is 720. The molecule has 0 aliphatic rings. The van der Waals surface area contributed by atoms with Gasteiger partial charge in [0.2, 0.25) is 5.91 Å². The van der Waals surface area contributed by atoms with Gasteiger partial charge < -0.3 is 14.8 Å². The van der Waals surface area contributed by atoms with Gasteiger partial charge in [-0.05, 0) is 48.0 Å². The lowest BCUT2D eigenvalue weighted by Crippen LogP contribution is -2.08. The molecular weight excluding hydrogens is 294 g/mol. The predicted octanol–water partition coefficient (Wildman–Crippen LogP) is 3.13. The van der Waals surface area contributed by atoms with Gasteiger partial charge in [0.25, 0.3) is 0 Å². The molecule has 0 heterocycles. The van der Waals surface area contributed by atoms with Gasteiger partial charge in [-0.1, -0.05) is 12.1 Å². The number of carbonyl (C=O) groups excluding carboxylic acids is 2. The van der Waals surface area contributed by atoms with E-state index in [4.69, 9.17) is 4.74 Å². The van der Waals surface area contributed by atoms with E-state index in [1.807, 2.05) is 24.3 Å². The molecule has 2 aromatic carbocycles. The zero-order valence-corrected chi connectivity index (χ0v) is 12.9. The van der Waals surface area contributed by atoms with Gasteiger partial charge >= 0.3 is 5.97 Å². The highest BCUT2D eigenvalue weighted by Gasteiger charge is 2.05. The number of benzene rings is 2. The largest absolute Gasteiger partial charge is 0.497 e. The van der Waals surface area contributed by atoms with E-state index in [1.54, 1.807) is 37.5 Å². The van der Waals surface area contributed by atoms with Crippen LogP contribution in [-0.2, 0) is 9.53 Å². The first kappa shape index (κ1) is 16.3. The number of hydrogen-bond donors (Lipinski definition) is 1. The van der Waals surface area contributed by atoms with Crippen LogP contribution in [0.4, 0.5) is 5.69 Å². The molecular formula is C18H17NO4. The fourth-order valence-electron chi connectivity index (χ4n) is 1.91. The summed E-state index contributed by atoms with van der Waals surface area (Å²) in [6, 6.07) is 13.8. The standard InChI is InChI=1S/C18H17NO4/c1-22-16-5-3-4-13(12-16)6-11-17(20)19-15-9-7-14(8-10-15)18(21)23-2/h3-12H,1-2H3,(H,19,20). The van der Waals surface area contributed by atoms with Gasteiger partial charge in [0.15, 0.2) is 0 Å². The number of esters is 1. The van der Waals surface area contributed by atoms with Crippen molar-refractivity contribution in [2.45, 2.75) is 0 Å². The van der Waals surface area contributed by atoms with Gasteiger partial charge in [-0.2, -0.15) is 0 Å². The van der Waals surface area contributed by atoms with Crippen LogP contribution in [0.15, 0.2) is 54.6 Å². The third kappa shape index (κ3) is 4.71.